The zero-order chi connectivity index (χ0) is 22.1. The predicted molar refractivity (Wildman–Crippen MR) is 132 cm³/mol. The standard InChI is InChI=1S/C26H32N4S/c1-6-20-11-7-8-13-23(20)30-18(4)15-21(19(30)5)25-24(22-12-9-10-14-27-22)28-26(31)29(25)16-17(2)3/h7-15,17,24-25H,6,16H2,1-5H3,(H,28,31)/t24-,25+/m0/s1. The molecule has 0 radical (unpaired) electrons. The molecular formula is C26H32N4S. The molecule has 4 rings (SSSR count). The summed E-state index contributed by atoms with van der Waals surface area (Å²) < 4.78 is 2.40. The molecule has 2 atom stereocenters. The van der Waals surface area contributed by atoms with E-state index < -0.39 is 0 Å². The third-order valence-electron chi connectivity index (χ3n) is 6.16. The van der Waals surface area contributed by atoms with Crippen LogP contribution in [0.3, 0.4) is 0 Å². The maximum atomic E-state index is 5.81. The lowest BCUT2D eigenvalue weighted by atomic mass is 9.96. The number of para-hydroxylation sites is 1. The average molecular weight is 433 g/mol. The van der Waals surface area contributed by atoms with Gasteiger partial charge in [0.2, 0.25) is 0 Å². The Morgan fingerprint density at radius 3 is 2.52 bits per heavy atom. The fourth-order valence-electron chi connectivity index (χ4n) is 4.82. The van der Waals surface area contributed by atoms with Gasteiger partial charge in [0.25, 0.3) is 0 Å². The highest BCUT2D eigenvalue weighted by Crippen LogP contribution is 2.41. The maximum absolute atomic E-state index is 5.81. The summed E-state index contributed by atoms with van der Waals surface area (Å²) in [6, 6.07) is 17.3. The molecule has 0 unspecified atom stereocenters. The number of pyridine rings is 1. The number of aryl methyl sites for hydroxylation is 2. The van der Waals surface area contributed by atoms with E-state index in [0.29, 0.717) is 5.92 Å². The van der Waals surface area contributed by atoms with Crippen LogP contribution in [-0.2, 0) is 6.42 Å². The molecule has 1 aromatic carbocycles. The van der Waals surface area contributed by atoms with E-state index in [9.17, 15) is 0 Å². The fourth-order valence-corrected chi connectivity index (χ4v) is 5.13. The van der Waals surface area contributed by atoms with E-state index in [1.807, 2.05) is 12.3 Å². The summed E-state index contributed by atoms with van der Waals surface area (Å²) in [5.41, 5.74) is 7.48. The molecule has 31 heavy (non-hydrogen) atoms. The molecule has 0 aliphatic carbocycles. The van der Waals surface area contributed by atoms with Crippen molar-refractivity contribution in [3.05, 3.63) is 82.9 Å². The minimum absolute atomic E-state index is 0.0304. The van der Waals surface area contributed by atoms with E-state index in [1.165, 1.54) is 28.2 Å². The third-order valence-corrected chi connectivity index (χ3v) is 6.51. The topological polar surface area (TPSA) is 33.1 Å². The molecule has 3 heterocycles. The molecule has 0 amide bonds. The minimum Gasteiger partial charge on any atom is -0.352 e. The summed E-state index contributed by atoms with van der Waals surface area (Å²) in [4.78, 5) is 7.03. The first-order valence-corrected chi connectivity index (χ1v) is 11.6. The Bertz CT molecular complexity index is 1070. The number of hydrogen-bond acceptors (Lipinski definition) is 2. The van der Waals surface area contributed by atoms with E-state index in [4.69, 9.17) is 12.2 Å². The number of nitrogens with zero attached hydrogens (tertiary/aromatic N) is 3. The van der Waals surface area contributed by atoms with Crippen molar-refractivity contribution in [2.24, 2.45) is 5.92 Å². The number of benzene rings is 1. The van der Waals surface area contributed by atoms with Gasteiger partial charge in [0.1, 0.15) is 0 Å². The van der Waals surface area contributed by atoms with Crippen molar-refractivity contribution in [2.75, 3.05) is 6.54 Å². The summed E-state index contributed by atoms with van der Waals surface area (Å²) in [7, 11) is 0. The quantitative estimate of drug-likeness (QED) is 0.508. The lowest BCUT2D eigenvalue weighted by Crippen LogP contribution is -2.33. The summed E-state index contributed by atoms with van der Waals surface area (Å²) in [5.74, 6) is 0.508. The van der Waals surface area contributed by atoms with Gasteiger partial charge in [0.05, 0.1) is 17.8 Å². The van der Waals surface area contributed by atoms with Crippen molar-refractivity contribution in [1.82, 2.24) is 19.8 Å². The molecule has 1 N–H and O–H groups in total. The maximum Gasteiger partial charge on any atom is 0.170 e. The number of hydrogen-bond donors (Lipinski definition) is 1. The third kappa shape index (κ3) is 3.99. The first kappa shape index (κ1) is 21.6. The molecule has 0 spiro atoms. The number of aromatic nitrogens is 2. The van der Waals surface area contributed by atoms with E-state index in [-0.39, 0.29) is 12.1 Å². The van der Waals surface area contributed by atoms with Crippen molar-refractivity contribution >= 4 is 17.3 Å². The van der Waals surface area contributed by atoms with Gasteiger partial charge in [-0.15, -0.1) is 0 Å². The molecule has 1 fully saturated rings. The van der Waals surface area contributed by atoms with Crippen molar-refractivity contribution in [3.63, 3.8) is 0 Å². The van der Waals surface area contributed by atoms with Crippen LogP contribution in [0, 0.1) is 19.8 Å². The Balaban J connectivity index is 1.86. The fraction of sp³-hybridized carbons (Fsp3) is 0.385. The molecule has 1 aliphatic rings. The van der Waals surface area contributed by atoms with E-state index in [0.717, 1.165) is 23.8 Å². The van der Waals surface area contributed by atoms with Gasteiger partial charge in [-0.1, -0.05) is 45.0 Å². The average Bonchev–Trinajstić information content (AvgIpc) is 3.23. The minimum atomic E-state index is 0.0304. The number of thiocarbonyl (C=S) groups is 1. The molecule has 4 nitrogen and oxygen atoms in total. The second-order valence-corrected chi connectivity index (χ2v) is 9.20. The van der Waals surface area contributed by atoms with Crippen LogP contribution in [0.5, 0.6) is 0 Å². The Kier molecular flexibility index (Phi) is 6.15. The Morgan fingerprint density at radius 1 is 1.10 bits per heavy atom. The van der Waals surface area contributed by atoms with Gasteiger partial charge >= 0.3 is 0 Å². The highest BCUT2D eigenvalue weighted by Gasteiger charge is 2.41. The van der Waals surface area contributed by atoms with Crippen LogP contribution in [0.15, 0.2) is 54.7 Å². The zero-order valence-electron chi connectivity index (χ0n) is 19.1. The molecule has 1 saturated heterocycles. The lowest BCUT2D eigenvalue weighted by Gasteiger charge is -2.29. The molecule has 3 aromatic rings. The van der Waals surface area contributed by atoms with Crippen molar-refractivity contribution in [3.8, 4) is 5.69 Å². The molecule has 2 aromatic heterocycles. The van der Waals surface area contributed by atoms with E-state index >= 15 is 0 Å². The van der Waals surface area contributed by atoms with Gasteiger partial charge in [-0.2, -0.15) is 0 Å². The van der Waals surface area contributed by atoms with Gasteiger partial charge in [-0.25, -0.2) is 0 Å². The van der Waals surface area contributed by atoms with Gasteiger partial charge in [-0.3, -0.25) is 4.98 Å². The number of rotatable bonds is 6. The highest BCUT2D eigenvalue weighted by molar-refractivity contribution is 7.80. The first-order chi connectivity index (χ1) is 14.9. The molecule has 0 saturated carbocycles. The van der Waals surface area contributed by atoms with E-state index in [1.54, 1.807) is 0 Å². The first-order valence-electron chi connectivity index (χ1n) is 11.2. The Labute approximate surface area is 191 Å². The second-order valence-electron chi connectivity index (χ2n) is 8.82. The highest BCUT2D eigenvalue weighted by atomic mass is 32.1. The zero-order valence-corrected chi connectivity index (χ0v) is 19.9. The SMILES string of the molecule is CCc1ccccc1-n1c(C)cc([C@@H]2[C@H](c3ccccn3)NC(=S)N2CC(C)C)c1C. The molecule has 1 aliphatic heterocycles. The van der Waals surface area contributed by atoms with E-state index in [2.05, 4.69) is 96.9 Å². The van der Waals surface area contributed by atoms with Crippen LogP contribution in [0.25, 0.3) is 5.69 Å². The van der Waals surface area contributed by atoms with Crippen LogP contribution in [-0.4, -0.2) is 26.1 Å². The van der Waals surface area contributed by atoms with Crippen LogP contribution < -0.4 is 5.32 Å². The summed E-state index contributed by atoms with van der Waals surface area (Å²) >= 11 is 5.81. The smallest absolute Gasteiger partial charge is 0.170 e. The summed E-state index contributed by atoms with van der Waals surface area (Å²) in [6.07, 6.45) is 2.87. The molecule has 5 heteroatoms. The normalized spacial score (nSPS) is 18.6. The van der Waals surface area contributed by atoms with Gasteiger partial charge in [0.15, 0.2) is 5.11 Å². The second kappa shape index (κ2) is 8.83. The largest absolute Gasteiger partial charge is 0.352 e. The van der Waals surface area contributed by atoms with Crippen molar-refractivity contribution in [2.45, 2.75) is 53.1 Å². The molecule has 162 valence electrons. The van der Waals surface area contributed by atoms with Gasteiger partial charge < -0.3 is 14.8 Å². The summed E-state index contributed by atoms with van der Waals surface area (Å²) in [6.45, 7) is 12.1. The van der Waals surface area contributed by atoms with Crippen molar-refractivity contribution < 1.29 is 0 Å². The van der Waals surface area contributed by atoms with Crippen LogP contribution in [0.2, 0.25) is 0 Å². The molecule has 0 bridgehead atoms. The van der Waals surface area contributed by atoms with Crippen molar-refractivity contribution in [1.29, 1.82) is 0 Å². The van der Waals surface area contributed by atoms with Gasteiger partial charge in [-0.05, 0) is 73.8 Å². The van der Waals surface area contributed by atoms with Crippen LogP contribution in [0.1, 0.15) is 61.1 Å². The lowest BCUT2D eigenvalue weighted by molar-refractivity contribution is 0.287. The Hall–Kier alpha value is -2.66. The number of nitrogens with one attached hydrogen (secondary N) is 1. The van der Waals surface area contributed by atoms with Gasteiger partial charge in [0, 0.05) is 29.8 Å². The predicted octanol–water partition coefficient (Wildman–Crippen LogP) is 5.68. The molecular weight excluding hydrogens is 400 g/mol. The van der Waals surface area contributed by atoms with Crippen LogP contribution >= 0.6 is 12.2 Å². The Morgan fingerprint density at radius 2 is 1.84 bits per heavy atom. The summed E-state index contributed by atoms with van der Waals surface area (Å²) in [5, 5.41) is 4.39. The monoisotopic (exact) mass is 432 g/mol. The van der Waals surface area contributed by atoms with Crippen LogP contribution in [0.4, 0.5) is 0 Å².